The molecule has 0 atom stereocenters. The first-order valence-electron chi connectivity index (χ1n) is 8.60. The average molecular weight is 369 g/mol. The van der Waals surface area contributed by atoms with Gasteiger partial charge in [0.25, 0.3) is 5.69 Å². The fraction of sp³-hybridized carbons (Fsp3) is 0.250. The van der Waals surface area contributed by atoms with Crippen molar-refractivity contribution in [3.8, 4) is 11.5 Å². The third-order valence-electron chi connectivity index (χ3n) is 4.59. The number of fused-ring (bicyclic) bond motifs is 1. The van der Waals surface area contributed by atoms with Crippen LogP contribution in [0.1, 0.15) is 36.9 Å². The molecule has 1 aliphatic rings. The molecular weight excluding hydrogens is 352 g/mol. The molecule has 0 saturated heterocycles. The predicted molar refractivity (Wildman–Crippen MR) is 101 cm³/mol. The molecule has 1 aliphatic carbocycles. The molecule has 1 fully saturated rings. The topological polar surface area (TPSA) is 65.3 Å². The second-order valence-corrected chi connectivity index (χ2v) is 6.90. The number of nitrogens with zero attached hydrogens (tertiary/aromatic N) is 2. The molecule has 0 aliphatic heterocycles. The third kappa shape index (κ3) is 3.22. The Morgan fingerprint density at radius 1 is 1.23 bits per heavy atom. The van der Waals surface area contributed by atoms with Gasteiger partial charge in [0, 0.05) is 34.7 Å². The van der Waals surface area contributed by atoms with E-state index in [4.69, 9.17) is 21.3 Å². The summed E-state index contributed by atoms with van der Waals surface area (Å²) in [6, 6.07) is 12.6. The second-order valence-electron chi connectivity index (χ2n) is 6.49. The smallest absolute Gasteiger partial charge is 0.271 e. The van der Waals surface area contributed by atoms with Crippen LogP contribution >= 0.6 is 11.6 Å². The van der Waals surface area contributed by atoms with Gasteiger partial charge in [-0.2, -0.15) is 0 Å². The molecule has 0 amide bonds. The van der Waals surface area contributed by atoms with Gasteiger partial charge in [-0.15, -0.1) is 0 Å². The molecule has 26 heavy (non-hydrogen) atoms. The minimum absolute atomic E-state index is 0.0329. The number of rotatable bonds is 5. The van der Waals surface area contributed by atoms with Crippen LogP contribution in [0.4, 0.5) is 5.69 Å². The number of benzene rings is 2. The van der Waals surface area contributed by atoms with Gasteiger partial charge < -0.3 is 4.74 Å². The Bertz CT molecular complexity index is 1020. The lowest BCUT2D eigenvalue weighted by Crippen LogP contribution is -1.96. The summed E-state index contributed by atoms with van der Waals surface area (Å²) in [5.41, 5.74) is 2.76. The first kappa shape index (κ1) is 16.8. The minimum Gasteiger partial charge on any atom is -0.455 e. The standard InChI is InChI=1S/C20H17ClN2O3/c1-2-12-9-15(23(24)25)11-17(21)20(12)26-16-6-8-19-14(10-16)5-7-18(22-19)13-3-4-13/h5-11,13H,2-4H2,1H3. The number of halogens is 1. The van der Waals surface area contributed by atoms with Gasteiger partial charge in [0.15, 0.2) is 0 Å². The quantitative estimate of drug-likeness (QED) is 0.407. The van der Waals surface area contributed by atoms with Gasteiger partial charge in [-0.1, -0.05) is 24.6 Å². The Hall–Kier alpha value is -2.66. The number of pyridine rings is 1. The van der Waals surface area contributed by atoms with Gasteiger partial charge in [0.05, 0.1) is 15.5 Å². The van der Waals surface area contributed by atoms with E-state index in [9.17, 15) is 10.1 Å². The van der Waals surface area contributed by atoms with E-state index >= 15 is 0 Å². The van der Waals surface area contributed by atoms with Crippen molar-refractivity contribution in [2.45, 2.75) is 32.1 Å². The third-order valence-corrected chi connectivity index (χ3v) is 4.88. The fourth-order valence-electron chi connectivity index (χ4n) is 3.02. The monoisotopic (exact) mass is 368 g/mol. The van der Waals surface area contributed by atoms with Crippen molar-refractivity contribution in [3.63, 3.8) is 0 Å². The Kier molecular flexibility index (Phi) is 4.24. The molecular formula is C20H17ClN2O3. The lowest BCUT2D eigenvalue weighted by Gasteiger charge is -2.12. The molecule has 0 radical (unpaired) electrons. The maximum Gasteiger partial charge on any atom is 0.271 e. The molecule has 0 spiro atoms. The number of aryl methyl sites for hydroxylation is 1. The van der Waals surface area contributed by atoms with Crippen LogP contribution in [-0.4, -0.2) is 9.91 Å². The van der Waals surface area contributed by atoms with E-state index in [2.05, 4.69) is 12.1 Å². The number of ether oxygens (including phenoxy) is 1. The molecule has 0 unspecified atom stereocenters. The summed E-state index contributed by atoms with van der Waals surface area (Å²) in [6.07, 6.45) is 3.02. The van der Waals surface area contributed by atoms with Gasteiger partial charge in [-0.05, 0) is 43.5 Å². The van der Waals surface area contributed by atoms with Crippen molar-refractivity contribution in [3.05, 3.63) is 68.9 Å². The van der Waals surface area contributed by atoms with Crippen LogP contribution in [0.3, 0.4) is 0 Å². The minimum atomic E-state index is -0.450. The van der Waals surface area contributed by atoms with Crippen LogP contribution in [0, 0.1) is 10.1 Å². The van der Waals surface area contributed by atoms with Crippen LogP contribution in [0.15, 0.2) is 42.5 Å². The lowest BCUT2D eigenvalue weighted by molar-refractivity contribution is -0.384. The summed E-state index contributed by atoms with van der Waals surface area (Å²) in [6.45, 7) is 1.91. The maximum atomic E-state index is 11.0. The molecule has 1 saturated carbocycles. The first-order chi connectivity index (χ1) is 12.5. The lowest BCUT2D eigenvalue weighted by atomic mass is 10.1. The van der Waals surface area contributed by atoms with Crippen LogP contribution < -0.4 is 4.74 Å². The number of aromatic nitrogens is 1. The van der Waals surface area contributed by atoms with Crippen molar-refractivity contribution < 1.29 is 9.66 Å². The number of non-ortho nitro benzene ring substituents is 1. The normalized spacial score (nSPS) is 13.8. The Morgan fingerprint density at radius 2 is 2.04 bits per heavy atom. The van der Waals surface area contributed by atoms with Crippen molar-refractivity contribution in [2.24, 2.45) is 0 Å². The number of hydrogen-bond acceptors (Lipinski definition) is 4. The van der Waals surface area contributed by atoms with Crippen LogP contribution in [0.25, 0.3) is 10.9 Å². The second kappa shape index (κ2) is 6.57. The molecule has 1 aromatic heterocycles. The highest BCUT2D eigenvalue weighted by Crippen LogP contribution is 2.40. The summed E-state index contributed by atoms with van der Waals surface area (Å²) in [5, 5.41) is 12.2. The summed E-state index contributed by atoms with van der Waals surface area (Å²) in [5.74, 6) is 1.70. The molecule has 1 heterocycles. The molecule has 0 N–H and O–H groups in total. The van der Waals surface area contributed by atoms with Crippen LogP contribution in [-0.2, 0) is 6.42 Å². The maximum absolute atomic E-state index is 11.0. The molecule has 0 bridgehead atoms. The summed E-state index contributed by atoms with van der Waals surface area (Å²) in [7, 11) is 0. The van der Waals surface area contributed by atoms with E-state index < -0.39 is 4.92 Å². The van der Waals surface area contributed by atoms with E-state index in [1.54, 1.807) is 0 Å². The van der Waals surface area contributed by atoms with E-state index in [-0.39, 0.29) is 10.7 Å². The average Bonchev–Trinajstić information content (AvgIpc) is 3.47. The number of nitro groups is 1. The zero-order chi connectivity index (χ0) is 18.3. The van der Waals surface area contributed by atoms with Gasteiger partial charge in [0.1, 0.15) is 11.5 Å². The number of nitro benzene ring substituents is 1. The SMILES string of the molecule is CCc1cc([N+](=O)[O-])cc(Cl)c1Oc1ccc2nc(C3CC3)ccc2c1. The van der Waals surface area contributed by atoms with E-state index in [0.29, 0.717) is 29.4 Å². The molecule has 132 valence electrons. The van der Waals surface area contributed by atoms with Crippen molar-refractivity contribution >= 4 is 28.2 Å². The highest BCUT2D eigenvalue weighted by molar-refractivity contribution is 6.32. The van der Waals surface area contributed by atoms with Gasteiger partial charge in [0.2, 0.25) is 0 Å². The molecule has 6 heteroatoms. The Morgan fingerprint density at radius 3 is 2.73 bits per heavy atom. The molecule has 5 nitrogen and oxygen atoms in total. The zero-order valence-electron chi connectivity index (χ0n) is 14.2. The van der Waals surface area contributed by atoms with Crippen molar-refractivity contribution in [1.29, 1.82) is 0 Å². The van der Waals surface area contributed by atoms with Gasteiger partial charge in [-0.25, -0.2) is 0 Å². The first-order valence-corrected chi connectivity index (χ1v) is 8.98. The Balaban J connectivity index is 1.68. The van der Waals surface area contributed by atoms with Crippen LogP contribution in [0.2, 0.25) is 5.02 Å². The van der Waals surface area contributed by atoms with E-state index in [1.807, 2.05) is 25.1 Å². The zero-order valence-corrected chi connectivity index (χ0v) is 15.0. The Labute approximate surface area is 155 Å². The van der Waals surface area contributed by atoms with Gasteiger partial charge in [-0.3, -0.25) is 15.1 Å². The fourth-order valence-corrected chi connectivity index (χ4v) is 3.30. The summed E-state index contributed by atoms with van der Waals surface area (Å²) in [4.78, 5) is 15.3. The van der Waals surface area contributed by atoms with Crippen molar-refractivity contribution in [2.75, 3.05) is 0 Å². The summed E-state index contributed by atoms with van der Waals surface area (Å²) < 4.78 is 5.98. The highest BCUT2D eigenvalue weighted by atomic mass is 35.5. The van der Waals surface area contributed by atoms with Crippen molar-refractivity contribution in [1.82, 2.24) is 4.98 Å². The molecule has 2 aromatic carbocycles. The molecule has 4 rings (SSSR count). The summed E-state index contributed by atoms with van der Waals surface area (Å²) >= 11 is 6.25. The molecule has 3 aromatic rings. The number of hydrogen-bond donors (Lipinski definition) is 0. The largest absolute Gasteiger partial charge is 0.455 e. The predicted octanol–water partition coefficient (Wildman–Crippen LogP) is 6.03. The van der Waals surface area contributed by atoms with Gasteiger partial charge >= 0.3 is 0 Å². The van der Waals surface area contributed by atoms with E-state index in [1.165, 1.54) is 25.0 Å². The van der Waals surface area contributed by atoms with Crippen LogP contribution in [0.5, 0.6) is 11.5 Å². The van der Waals surface area contributed by atoms with E-state index in [0.717, 1.165) is 16.6 Å². The highest BCUT2D eigenvalue weighted by Gasteiger charge is 2.25.